The van der Waals surface area contributed by atoms with E-state index in [1.807, 2.05) is 4.90 Å². The molecule has 0 aliphatic carbocycles. The number of anilines is 2. The first kappa shape index (κ1) is 26.9. The zero-order valence-corrected chi connectivity index (χ0v) is 22.3. The highest BCUT2D eigenvalue weighted by molar-refractivity contribution is 6.31. The number of benzene rings is 1. The first-order valence-electron chi connectivity index (χ1n) is 12.5. The molecule has 1 spiro atoms. The van der Waals surface area contributed by atoms with E-state index in [2.05, 4.69) is 37.9 Å². The number of amides is 2. The minimum Gasteiger partial charge on any atom is -0.434 e. The number of aromatic amines is 1. The summed E-state index contributed by atoms with van der Waals surface area (Å²) in [5.41, 5.74) is 0.800. The van der Waals surface area contributed by atoms with Gasteiger partial charge < -0.3 is 25.2 Å². The molecule has 11 nitrogen and oxygen atoms in total. The van der Waals surface area contributed by atoms with E-state index >= 15 is 0 Å². The molecule has 14 heteroatoms. The third kappa shape index (κ3) is 5.69. The number of alkyl halides is 2. The van der Waals surface area contributed by atoms with Crippen molar-refractivity contribution in [2.24, 2.45) is 5.41 Å². The maximum absolute atomic E-state index is 13.3. The number of carbonyl (C=O) groups is 2. The van der Waals surface area contributed by atoms with Gasteiger partial charge in [-0.05, 0) is 44.6 Å². The molecule has 0 radical (unpaired) electrons. The molecule has 1 atom stereocenters. The van der Waals surface area contributed by atoms with Gasteiger partial charge in [0.15, 0.2) is 0 Å². The summed E-state index contributed by atoms with van der Waals surface area (Å²) in [7, 11) is 3.72. The number of rotatable bonds is 8. The lowest BCUT2D eigenvalue weighted by Gasteiger charge is -2.23. The summed E-state index contributed by atoms with van der Waals surface area (Å²) < 4.78 is 32.4. The molecule has 0 bridgehead atoms. The molecule has 1 aromatic carbocycles. The van der Waals surface area contributed by atoms with E-state index in [0.29, 0.717) is 18.9 Å². The molecule has 5 rings (SSSR count). The van der Waals surface area contributed by atoms with Gasteiger partial charge in [0, 0.05) is 48.9 Å². The number of aromatic nitrogens is 4. The molecule has 2 aromatic heterocycles. The Kier molecular flexibility index (Phi) is 7.45. The normalized spacial score (nSPS) is 19.3. The van der Waals surface area contributed by atoms with Crippen LogP contribution >= 0.6 is 11.6 Å². The van der Waals surface area contributed by atoms with Gasteiger partial charge in [0.05, 0.1) is 11.9 Å². The molecule has 3 aromatic rings. The summed E-state index contributed by atoms with van der Waals surface area (Å²) >= 11 is 6.18. The van der Waals surface area contributed by atoms with Crippen molar-refractivity contribution in [1.82, 2.24) is 29.8 Å². The number of halogens is 3. The molecule has 2 saturated heterocycles. The van der Waals surface area contributed by atoms with Crippen molar-refractivity contribution in [3.63, 3.8) is 0 Å². The molecule has 2 fully saturated rings. The van der Waals surface area contributed by atoms with Crippen molar-refractivity contribution in [3.05, 3.63) is 41.2 Å². The Morgan fingerprint density at radius 2 is 2.05 bits per heavy atom. The summed E-state index contributed by atoms with van der Waals surface area (Å²) in [4.78, 5) is 30.5. The zero-order chi connectivity index (χ0) is 27.7. The predicted octanol–water partition coefficient (Wildman–Crippen LogP) is 3.38. The van der Waals surface area contributed by atoms with Crippen LogP contribution in [0.15, 0.2) is 30.6 Å². The standard InChI is InChI=1S/C25H29ClF2N8O3/c1-29-22-17(10-30-32-22)23(38)31-18-11-36(12-20(37)35-8-6-25(14-35)5-7-34(2)13-25)33-21(18)16-9-15(26)3-4-19(16)39-24(27)28/h3-4,9-11,24H,5-8,12-14H2,1-2H3,(H,31,38)(H2,29,30,32). The first-order valence-corrected chi connectivity index (χ1v) is 12.9. The van der Waals surface area contributed by atoms with Gasteiger partial charge in [0.25, 0.3) is 5.91 Å². The Balaban J connectivity index is 1.44. The van der Waals surface area contributed by atoms with Crippen LogP contribution in [0, 0.1) is 5.41 Å². The molecule has 0 saturated carbocycles. The second-order valence-electron chi connectivity index (χ2n) is 10.0. The number of hydrogen-bond acceptors (Lipinski definition) is 7. The van der Waals surface area contributed by atoms with Crippen LogP contribution < -0.4 is 15.4 Å². The lowest BCUT2D eigenvalue weighted by Crippen LogP contribution is -2.35. The molecule has 4 heterocycles. The van der Waals surface area contributed by atoms with E-state index in [9.17, 15) is 18.4 Å². The highest BCUT2D eigenvalue weighted by atomic mass is 35.5. The van der Waals surface area contributed by atoms with E-state index in [4.69, 9.17) is 16.3 Å². The Labute approximate surface area is 228 Å². The van der Waals surface area contributed by atoms with Gasteiger partial charge in [0.1, 0.15) is 29.4 Å². The van der Waals surface area contributed by atoms with Gasteiger partial charge in [-0.2, -0.15) is 19.0 Å². The summed E-state index contributed by atoms with van der Waals surface area (Å²) in [6, 6.07) is 4.13. The van der Waals surface area contributed by atoms with Gasteiger partial charge in [-0.25, -0.2) is 0 Å². The maximum Gasteiger partial charge on any atom is 0.387 e. The first-order chi connectivity index (χ1) is 18.7. The second-order valence-corrected chi connectivity index (χ2v) is 10.5. The van der Waals surface area contributed by atoms with Crippen LogP contribution in [0.4, 0.5) is 20.3 Å². The van der Waals surface area contributed by atoms with Crippen LogP contribution in [0.25, 0.3) is 11.3 Å². The van der Waals surface area contributed by atoms with Crippen LogP contribution in [0.2, 0.25) is 5.02 Å². The molecule has 208 valence electrons. The van der Waals surface area contributed by atoms with Crippen LogP contribution in [0.5, 0.6) is 5.75 Å². The van der Waals surface area contributed by atoms with Crippen molar-refractivity contribution in [3.8, 4) is 17.0 Å². The minimum atomic E-state index is -3.09. The Bertz CT molecular complexity index is 1380. The molecular formula is C25H29ClF2N8O3. The molecule has 1 unspecified atom stereocenters. The molecular weight excluding hydrogens is 534 g/mol. The maximum atomic E-state index is 13.3. The smallest absolute Gasteiger partial charge is 0.387 e. The number of likely N-dealkylation sites (tertiary alicyclic amines) is 2. The van der Waals surface area contributed by atoms with Crippen molar-refractivity contribution in [1.29, 1.82) is 0 Å². The number of hydrogen-bond donors (Lipinski definition) is 3. The fourth-order valence-corrected chi connectivity index (χ4v) is 5.57. The Morgan fingerprint density at radius 1 is 1.26 bits per heavy atom. The van der Waals surface area contributed by atoms with E-state index in [1.54, 1.807) is 7.05 Å². The third-order valence-corrected chi connectivity index (χ3v) is 7.51. The zero-order valence-electron chi connectivity index (χ0n) is 21.5. The summed E-state index contributed by atoms with van der Waals surface area (Å²) in [5.74, 6) is -0.421. The van der Waals surface area contributed by atoms with Crippen molar-refractivity contribution >= 4 is 34.9 Å². The van der Waals surface area contributed by atoms with Gasteiger partial charge in [-0.3, -0.25) is 19.4 Å². The predicted molar refractivity (Wildman–Crippen MR) is 141 cm³/mol. The average molecular weight is 563 g/mol. The fraction of sp³-hybridized carbons (Fsp3) is 0.440. The monoisotopic (exact) mass is 562 g/mol. The molecule has 2 aliphatic heterocycles. The second kappa shape index (κ2) is 10.8. The van der Waals surface area contributed by atoms with Gasteiger partial charge in [-0.1, -0.05) is 11.6 Å². The van der Waals surface area contributed by atoms with Crippen molar-refractivity contribution in [2.75, 3.05) is 50.9 Å². The van der Waals surface area contributed by atoms with E-state index in [-0.39, 0.29) is 51.1 Å². The Hall–Kier alpha value is -3.71. The molecule has 3 N–H and O–H groups in total. The van der Waals surface area contributed by atoms with Crippen LogP contribution in [-0.4, -0.2) is 88.5 Å². The van der Waals surface area contributed by atoms with Gasteiger partial charge >= 0.3 is 6.61 Å². The average Bonchev–Trinajstić information content (AvgIpc) is 3.68. The molecule has 2 aliphatic rings. The quantitative estimate of drug-likeness (QED) is 0.385. The van der Waals surface area contributed by atoms with Crippen LogP contribution in [0.3, 0.4) is 0 Å². The van der Waals surface area contributed by atoms with Gasteiger partial charge in [0.2, 0.25) is 5.91 Å². The number of nitrogens with one attached hydrogen (secondary N) is 3. The summed E-state index contributed by atoms with van der Waals surface area (Å²) in [6.07, 6.45) is 4.85. The summed E-state index contributed by atoms with van der Waals surface area (Å²) in [5, 5.41) is 16.9. The number of ether oxygens (including phenoxy) is 1. The van der Waals surface area contributed by atoms with E-state index in [1.165, 1.54) is 35.3 Å². The fourth-order valence-electron chi connectivity index (χ4n) is 5.40. The molecule has 39 heavy (non-hydrogen) atoms. The topological polar surface area (TPSA) is 120 Å². The Morgan fingerprint density at radius 3 is 2.77 bits per heavy atom. The van der Waals surface area contributed by atoms with E-state index in [0.717, 1.165) is 25.9 Å². The lowest BCUT2D eigenvalue weighted by molar-refractivity contribution is -0.131. The van der Waals surface area contributed by atoms with Crippen molar-refractivity contribution in [2.45, 2.75) is 26.0 Å². The minimum absolute atomic E-state index is 0.0894. The number of nitrogens with zero attached hydrogens (tertiary/aromatic N) is 5. The highest BCUT2D eigenvalue weighted by Crippen LogP contribution is 2.40. The molecule has 2 amide bonds. The highest BCUT2D eigenvalue weighted by Gasteiger charge is 2.43. The van der Waals surface area contributed by atoms with Crippen LogP contribution in [0.1, 0.15) is 23.2 Å². The number of carbonyl (C=O) groups excluding carboxylic acids is 2. The third-order valence-electron chi connectivity index (χ3n) is 7.27. The van der Waals surface area contributed by atoms with Gasteiger partial charge in [-0.15, -0.1) is 0 Å². The van der Waals surface area contributed by atoms with Crippen molar-refractivity contribution < 1.29 is 23.1 Å². The SMILES string of the molecule is CNc1[nH]ncc1C(=O)Nc1cn(CC(=O)N2CCC3(CCN(C)C3)C2)nc1-c1cc(Cl)ccc1OC(F)F. The van der Waals surface area contributed by atoms with Crippen LogP contribution in [-0.2, 0) is 11.3 Å². The number of H-pyrrole nitrogens is 1. The van der Waals surface area contributed by atoms with E-state index < -0.39 is 12.5 Å². The lowest BCUT2D eigenvalue weighted by atomic mass is 9.86. The summed E-state index contributed by atoms with van der Waals surface area (Å²) in [6.45, 7) is 0.146. The largest absolute Gasteiger partial charge is 0.434 e.